The average molecular weight is 330 g/mol. The molecule has 0 bridgehead atoms. The first-order valence-corrected chi connectivity index (χ1v) is 7.24. The summed E-state index contributed by atoms with van der Waals surface area (Å²) in [5.74, 6) is -2.10. The summed E-state index contributed by atoms with van der Waals surface area (Å²) in [6, 6.07) is 11.6. The second kappa shape index (κ2) is 7.50. The van der Waals surface area contributed by atoms with Gasteiger partial charge in [0, 0.05) is 17.0 Å². The van der Waals surface area contributed by atoms with Crippen LogP contribution in [0.1, 0.15) is 33.8 Å². The van der Waals surface area contributed by atoms with Gasteiger partial charge in [-0.15, -0.1) is 0 Å². The minimum atomic E-state index is -1.14. The van der Waals surface area contributed by atoms with Gasteiger partial charge in [0.25, 0.3) is 0 Å². The van der Waals surface area contributed by atoms with E-state index in [1.807, 2.05) is 0 Å². The highest BCUT2D eigenvalue weighted by molar-refractivity contribution is 5.91. The molecule has 2 N–H and O–H groups in total. The SMILES string of the molecule is COc1ccccc1C(CC(=O)O)c1c(OC)cccc1C(=O)O. The van der Waals surface area contributed by atoms with Gasteiger partial charge in [-0.2, -0.15) is 0 Å². The third kappa shape index (κ3) is 3.48. The Balaban J connectivity index is 2.74. The van der Waals surface area contributed by atoms with Gasteiger partial charge in [0.05, 0.1) is 26.2 Å². The van der Waals surface area contributed by atoms with Gasteiger partial charge in [-0.05, 0) is 18.2 Å². The quantitative estimate of drug-likeness (QED) is 0.810. The van der Waals surface area contributed by atoms with E-state index < -0.39 is 17.9 Å². The molecule has 126 valence electrons. The molecule has 0 aliphatic rings. The van der Waals surface area contributed by atoms with Crippen LogP contribution in [0.4, 0.5) is 0 Å². The van der Waals surface area contributed by atoms with Crippen molar-refractivity contribution in [1.82, 2.24) is 0 Å². The molecule has 6 heteroatoms. The molecule has 2 aromatic carbocycles. The van der Waals surface area contributed by atoms with Crippen molar-refractivity contribution in [1.29, 1.82) is 0 Å². The van der Waals surface area contributed by atoms with Crippen LogP contribution in [-0.4, -0.2) is 36.4 Å². The van der Waals surface area contributed by atoms with Gasteiger partial charge in [0.1, 0.15) is 11.5 Å². The number of carboxylic acids is 2. The number of carbonyl (C=O) groups is 2. The van der Waals surface area contributed by atoms with Crippen molar-refractivity contribution in [2.45, 2.75) is 12.3 Å². The second-order valence-electron chi connectivity index (χ2n) is 5.12. The number of hydrogen-bond acceptors (Lipinski definition) is 4. The summed E-state index contributed by atoms with van der Waals surface area (Å²) >= 11 is 0. The summed E-state index contributed by atoms with van der Waals surface area (Å²) in [6.45, 7) is 0. The molecule has 0 radical (unpaired) electrons. The van der Waals surface area contributed by atoms with Crippen LogP contribution in [0.15, 0.2) is 42.5 Å². The number of rotatable bonds is 7. The van der Waals surface area contributed by atoms with Crippen LogP contribution in [0.2, 0.25) is 0 Å². The van der Waals surface area contributed by atoms with E-state index in [-0.39, 0.29) is 12.0 Å². The Kier molecular flexibility index (Phi) is 5.42. The van der Waals surface area contributed by atoms with Crippen LogP contribution < -0.4 is 9.47 Å². The fraction of sp³-hybridized carbons (Fsp3) is 0.222. The molecule has 0 fully saturated rings. The van der Waals surface area contributed by atoms with Crippen LogP contribution >= 0.6 is 0 Å². The number of benzene rings is 2. The van der Waals surface area contributed by atoms with E-state index in [4.69, 9.17) is 9.47 Å². The monoisotopic (exact) mass is 330 g/mol. The van der Waals surface area contributed by atoms with Crippen molar-refractivity contribution in [2.24, 2.45) is 0 Å². The van der Waals surface area contributed by atoms with Crippen LogP contribution in [0.5, 0.6) is 11.5 Å². The third-order valence-electron chi connectivity index (χ3n) is 3.76. The average Bonchev–Trinajstić information content (AvgIpc) is 2.58. The van der Waals surface area contributed by atoms with Crippen LogP contribution in [0.25, 0.3) is 0 Å². The van der Waals surface area contributed by atoms with Crippen molar-refractivity contribution in [3.8, 4) is 11.5 Å². The Bertz CT molecular complexity index is 753. The minimum Gasteiger partial charge on any atom is -0.496 e. The standard InChI is InChI=1S/C18H18O6/c1-23-14-8-4-3-6-11(14)13(10-16(19)20)17-12(18(21)22)7-5-9-15(17)24-2/h3-9,13H,10H2,1-2H3,(H,19,20)(H,21,22). The predicted octanol–water partition coefficient (Wildman–Crippen LogP) is 3.01. The first-order valence-electron chi connectivity index (χ1n) is 7.24. The molecule has 0 aliphatic carbocycles. The Morgan fingerprint density at radius 2 is 1.58 bits per heavy atom. The number of para-hydroxylation sites is 1. The van der Waals surface area contributed by atoms with Crippen LogP contribution in [0.3, 0.4) is 0 Å². The molecule has 1 atom stereocenters. The van der Waals surface area contributed by atoms with Gasteiger partial charge in [0.15, 0.2) is 0 Å². The molecule has 6 nitrogen and oxygen atoms in total. The maximum Gasteiger partial charge on any atom is 0.336 e. The molecular formula is C18H18O6. The summed E-state index contributed by atoms with van der Waals surface area (Å²) in [5.41, 5.74) is 0.917. The van der Waals surface area contributed by atoms with Gasteiger partial charge in [-0.1, -0.05) is 24.3 Å². The topological polar surface area (TPSA) is 93.1 Å². The van der Waals surface area contributed by atoms with E-state index in [2.05, 4.69) is 0 Å². The molecule has 0 heterocycles. The number of hydrogen-bond donors (Lipinski definition) is 2. The van der Waals surface area contributed by atoms with Crippen LogP contribution in [-0.2, 0) is 4.79 Å². The highest BCUT2D eigenvalue weighted by atomic mass is 16.5. The summed E-state index contributed by atoms with van der Waals surface area (Å²) in [6.07, 6.45) is -0.291. The fourth-order valence-electron chi connectivity index (χ4n) is 2.76. The molecule has 0 saturated carbocycles. The molecule has 0 saturated heterocycles. The molecular weight excluding hydrogens is 312 g/mol. The normalized spacial score (nSPS) is 11.6. The fourth-order valence-corrected chi connectivity index (χ4v) is 2.76. The van der Waals surface area contributed by atoms with Crippen molar-refractivity contribution >= 4 is 11.9 Å². The number of aliphatic carboxylic acids is 1. The lowest BCUT2D eigenvalue weighted by Gasteiger charge is -2.22. The minimum absolute atomic E-state index is 0.00602. The molecule has 24 heavy (non-hydrogen) atoms. The van der Waals surface area contributed by atoms with Crippen molar-refractivity contribution < 1.29 is 29.3 Å². The van der Waals surface area contributed by atoms with Gasteiger partial charge in [-0.25, -0.2) is 4.79 Å². The molecule has 0 aromatic heterocycles. The zero-order chi connectivity index (χ0) is 17.7. The molecule has 0 amide bonds. The van der Waals surface area contributed by atoms with Gasteiger partial charge in [0.2, 0.25) is 0 Å². The Morgan fingerprint density at radius 1 is 0.958 bits per heavy atom. The lowest BCUT2D eigenvalue weighted by Crippen LogP contribution is -2.15. The van der Waals surface area contributed by atoms with E-state index >= 15 is 0 Å². The summed E-state index contributed by atoms with van der Waals surface area (Å²) in [7, 11) is 2.90. The number of carboxylic acid groups (broad SMARTS) is 2. The Hall–Kier alpha value is -3.02. The second-order valence-corrected chi connectivity index (χ2v) is 5.12. The highest BCUT2D eigenvalue weighted by Crippen LogP contribution is 2.40. The van der Waals surface area contributed by atoms with Crippen molar-refractivity contribution in [2.75, 3.05) is 14.2 Å². The van der Waals surface area contributed by atoms with Gasteiger partial charge < -0.3 is 19.7 Å². The maximum absolute atomic E-state index is 11.6. The van der Waals surface area contributed by atoms with E-state index in [1.165, 1.54) is 20.3 Å². The van der Waals surface area contributed by atoms with E-state index in [0.29, 0.717) is 22.6 Å². The zero-order valence-electron chi connectivity index (χ0n) is 13.4. The predicted molar refractivity (Wildman–Crippen MR) is 87.0 cm³/mol. The number of methoxy groups -OCH3 is 2. The Morgan fingerprint density at radius 3 is 2.17 bits per heavy atom. The lowest BCUT2D eigenvalue weighted by atomic mass is 9.84. The largest absolute Gasteiger partial charge is 0.496 e. The molecule has 0 spiro atoms. The van der Waals surface area contributed by atoms with Gasteiger partial charge >= 0.3 is 11.9 Å². The molecule has 0 aliphatic heterocycles. The number of aromatic carboxylic acids is 1. The van der Waals surface area contributed by atoms with E-state index in [9.17, 15) is 19.8 Å². The summed E-state index contributed by atoms with van der Waals surface area (Å²) in [5, 5.41) is 18.8. The first-order chi connectivity index (χ1) is 11.5. The first kappa shape index (κ1) is 17.3. The summed E-state index contributed by atoms with van der Waals surface area (Å²) in [4.78, 5) is 23.0. The molecule has 1 unspecified atom stereocenters. The smallest absolute Gasteiger partial charge is 0.336 e. The lowest BCUT2D eigenvalue weighted by molar-refractivity contribution is -0.137. The van der Waals surface area contributed by atoms with Crippen molar-refractivity contribution in [3.05, 3.63) is 59.2 Å². The third-order valence-corrected chi connectivity index (χ3v) is 3.76. The van der Waals surface area contributed by atoms with Crippen molar-refractivity contribution in [3.63, 3.8) is 0 Å². The van der Waals surface area contributed by atoms with E-state index in [0.717, 1.165) is 0 Å². The zero-order valence-corrected chi connectivity index (χ0v) is 13.4. The molecule has 2 rings (SSSR count). The Labute approximate surface area is 139 Å². The summed E-state index contributed by atoms with van der Waals surface area (Å²) < 4.78 is 10.6. The number of ether oxygens (including phenoxy) is 2. The highest BCUT2D eigenvalue weighted by Gasteiger charge is 2.28. The van der Waals surface area contributed by atoms with Gasteiger partial charge in [-0.3, -0.25) is 4.79 Å². The van der Waals surface area contributed by atoms with Crippen LogP contribution in [0, 0.1) is 0 Å². The van der Waals surface area contributed by atoms with E-state index in [1.54, 1.807) is 36.4 Å². The molecule has 2 aromatic rings. The maximum atomic E-state index is 11.6.